The molecule has 0 aliphatic carbocycles. The maximum Gasteiger partial charge on any atom is 0.263 e. The van der Waals surface area contributed by atoms with Crippen LogP contribution in [0.3, 0.4) is 0 Å². The van der Waals surface area contributed by atoms with Crippen LogP contribution in [0.1, 0.15) is 16.8 Å². The lowest BCUT2D eigenvalue weighted by molar-refractivity contribution is 0.670. The molecule has 2 aromatic heterocycles. The average Bonchev–Trinajstić information content (AvgIpc) is 2.68. The van der Waals surface area contributed by atoms with Gasteiger partial charge in [-0.1, -0.05) is 54.6 Å². The van der Waals surface area contributed by atoms with E-state index < -0.39 is 0 Å². The summed E-state index contributed by atoms with van der Waals surface area (Å²) in [5.74, 6) is 0.715. The van der Waals surface area contributed by atoms with Crippen LogP contribution >= 0.6 is 0 Å². The number of hydrogen-bond donors (Lipinski definition) is 0. The van der Waals surface area contributed by atoms with Gasteiger partial charge in [0.05, 0.1) is 16.6 Å². The molecule has 0 radical (unpaired) electrons. The zero-order chi connectivity index (χ0) is 18.8. The maximum absolute atomic E-state index is 13.4. The third-order valence-corrected chi connectivity index (χ3v) is 4.91. The second kappa shape index (κ2) is 7.16. The van der Waals surface area contributed by atoms with E-state index in [0.29, 0.717) is 23.3 Å². The van der Waals surface area contributed by atoms with E-state index in [1.54, 1.807) is 10.8 Å². The number of pyridine rings is 1. The first-order chi connectivity index (χ1) is 13.1. The molecule has 0 saturated heterocycles. The van der Waals surface area contributed by atoms with Crippen molar-refractivity contribution in [3.05, 3.63) is 94.0 Å². The van der Waals surface area contributed by atoms with Gasteiger partial charge in [-0.25, -0.2) is 4.98 Å². The van der Waals surface area contributed by atoms with Crippen molar-refractivity contribution < 1.29 is 0 Å². The average molecular weight is 355 g/mol. The van der Waals surface area contributed by atoms with E-state index in [9.17, 15) is 4.79 Å². The summed E-state index contributed by atoms with van der Waals surface area (Å²) in [7, 11) is 0. The van der Waals surface area contributed by atoms with Crippen molar-refractivity contribution in [3.63, 3.8) is 0 Å². The summed E-state index contributed by atoms with van der Waals surface area (Å²) in [5, 5.41) is 0.600. The molecular formula is C23H21N3O. The number of hydrogen-bond acceptors (Lipinski definition) is 3. The summed E-state index contributed by atoms with van der Waals surface area (Å²) in [6.45, 7) is 4.48. The fourth-order valence-electron chi connectivity index (χ4n) is 3.44. The van der Waals surface area contributed by atoms with Crippen LogP contribution in [-0.2, 0) is 13.0 Å². The molecule has 134 valence electrons. The van der Waals surface area contributed by atoms with Crippen LogP contribution in [-0.4, -0.2) is 14.5 Å². The van der Waals surface area contributed by atoms with Crippen molar-refractivity contribution in [2.75, 3.05) is 0 Å². The number of aromatic nitrogens is 3. The molecule has 0 aliphatic rings. The second-order valence-electron chi connectivity index (χ2n) is 6.73. The molecule has 0 amide bonds. The van der Waals surface area contributed by atoms with Gasteiger partial charge in [-0.3, -0.25) is 14.3 Å². The molecule has 0 aliphatic heterocycles. The van der Waals surface area contributed by atoms with Crippen molar-refractivity contribution in [1.29, 1.82) is 0 Å². The Morgan fingerprint density at radius 1 is 0.926 bits per heavy atom. The van der Waals surface area contributed by atoms with E-state index in [2.05, 4.69) is 17.1 Å². The lowest BCUT2D eigenvalue weighted by atomic mass is 10.1. The number of benzene rings is 2. The summed E-state index contributed by atoms with van der Waals surface area (Å²) in [5.41, 5.74) is 4.67. The minimum atomic E-state index is -0.0280. The fraction of sp³-hybridized carbons (Fsp3) is 0.174. The van der Waals surface area contributed by atoms with Gasteiger partial charge in [-0.05, 0) is 37.5 Å². The molecule has 0 spiro atoms. The fourth-order valence-corrected chi connectivity index (χ4v) is 3.44. The van der Waals surface area contributed by atoms with Gasteiger partial charge in [0, 0.05) is 18.3 Å². The Morgan fingerprint density at radius 3 is 2.44 bits per heavy atom. The Hall–Kier alpha value is -3.27. The summed E-state index contributed by atoms with van der Waals surface area (Å²) < 4.78 is 1.80. The van der Waals surface area contributed by atoms with E-state index in [1.807, 2.05) is 62.4 Å². The van der Waals surface area contributed by atoms with Gasteiger partial charge in [0.15, 0.2) is 0 Å². The summed E-state index contributed by atoms with van der Waals surface area (Å²) in [4.78, 5) is 22.5. The van der Waals surface area contributed by atoms with E-state index in [4.69, 9.17) is 4.98 Å². The Bertz CT molecular complexity index is 1160. The van der Waals surface area contributed by atoms with Gasteiger partial charge in [-0.2, -0.15) is 0 Å². The Morgan fingerprint density at radius 2 is 1.67 bits per heavy atom. The highest BCUT2D eigenvalue weighted by Gasteiger charge is 2.16. The number of fused-ring (bicyclic) bond motifs is 1. The largest absolute Gasteiger partial charge is 0.292 e. The summed E-state index contributed by atoms with van der Waals surface area (Å²) in [6, 6.07) is 20.1. The first kappa shape index (κ1) is 17.2. The molecule has 4 heteroatoms. The smallest absolute Gasteiger partial charge is 0.263 e. The van der Waals surface area contributed by atoms with Crippen molar-refractivity contribution in [2.45, 2.75) is 26.8 Å². The Balaban J connectivity index is 1.92. The van der Waals surface area contributed by atoms with E-state index in [1.165, 1.54) is 5.56 Å². The second-order valence-corrected chi connectivity index (χ2v) is 6.73. The van der Waals surface area contributed by atoms with E-state index in [0.717, 1.165) is 23.2 Å². The molecule has 27 heavy (non-hydrogen) atoms. The van der Waals surface area contributed by atoms with E-state index in [-0.39, 0.29) is 5.56 Å². The highest BCUT2D eigenvalue weighted by Crippen LogP contribution is 2.23. The molecule has 0 N–H and O–H groups in total. The first-order valence-corrected chi connectivity index (χ1v) is 9.11. The summed E-state index contributed by atoms with van der Waals surface area (Å²) in [6.07, 6.45) is 2.48. The first-order valence-electron chi connectivity index (χ1n) is 9.11. The number of aryl methyl sites for hydroxylation is 3. The Labute approximate surface area is 158 Å². The molecule has 0 bridgehead atoms. The molecule has 4 aromatic rings. The topological polar surface area (TPSA) is 47.8 Å². The van der Waals surface area contributed by atoms with Gasteiger partial charge >= 0.3 is 0 Å². The highest BCUT2D eigenvalue weighted by atomic mass is 16.1. The quantitative estimate of drug-likeness (QED) is 0.548. The van der Waals surface area contributed by atoms with Crippen LogP contribution in [0, 0.1) is 13.8 Å². The van der Waals surface area contributed by atoms with Crippen LogP contribution in [0.5, 0.6) is 0 Å². The molecule has 0 unspecified atom stereocenters. The van der Waals surface area contributed by atoms with Crippen LogP contribution < -0.4 is 5.56 Å². The van der Waals surface area contributed by atoms with Crippen molar-refractivity contribution >= 4 is 10.9 Å². The molecule has 2 aromatic carbocycles. The number of rotatable bonds is 4. The lowest BCUT2D eigenvalue weighted by Gasteiger charge is -2.16. The summed E-state index contributed by atoms with van der Waals surface area (Å²) >= 11 is 0. The van der Waals surface area contributed by atoms with Gasteiger partial charge in [0.25, 0.3) is 5.56 Å². The molecule has 4 nitrogen and oxygen atoms in total. The van der Waals surface area contributed by atoms with Gasteiger partial charge in [0.1, 0.15) is 5.82 Å². The Kier molecular flexibility index (Phi) is 4.55. The molecule has 0 atom stereocenters. The normalized spacial score (nSPS) is 11.0. The monoisotopic (exact) mass is 355 g/mol. The molecule has 4 rings (SSSR count). The van der Waals surface area contributed by atoms with Crippen molar-refractivity contribution in [3.8, 4) is 11.4 Å². The van der Waals surface area contributed by atoms with Crippen LogP contribution in [0.15, 0.2) is 71.7 Å². The van der Waals surface area contributed by atoms with E-state index >= 15 is 0 Å². The standard InChI is InChI=1S/C23H21N3O/c1-16-8-6-7-11-19(16)22-25-20-12-14-24-17(2)21(20)23(27)26(22)15-13-18-9-4-3-5-10-18/h3-12,14H,13,15H2,1-2H3. The zero-order valence-electron chi connectivity index (χ0n) is 15.5. The number of nitrogens with zero attached hydrogens (tertiary/aromatic N) is 3. The SMILES string of the molecule is Cc1ccccc1-c1nc2ccnc(C)c2c(=O)n1CCc1ccccc1. The molecule has 2 heterocycles. The van der Waals surface area contributed by atoms with Gasteiger partial charge in [-0.15, -0.1) is 0 Å². The predicted octanol–water partition coefficient (Wildman–Crippen LogP) is 4.32. The van der Waals surface area contributed by atoms with Crippen LogP contribution in [0.2, 0.25) is 0 Å². The predicted molar refractivity (Wildman–Crippen MR) is 109 cm³/mol. The zero-order valence-corrected chi connectivity index (χ0v) is 15.5. The minimum absolute atomic E-state index is 0.0280. The molecular weight excluding hydrogens is 334 g/mol. The van der Waals surface area contributed by atoms with Crippen LogP contribution in [0.25, 0.3) is 22.3 Å². The van der Waals surface area contributed by atoms with Crippen molar-refractivity contribution in [2.24, 2.45) is 0 Å². The third kappa shape index (κ3) is 3.26. The highest BCUT2D eigenvalue weighted by molar-refractivity contribution is 5.81. The molecule has 0 saturated carbocycles. The lowest BCUT2D eigenvalue weighted by Crippen LogP contribution is -2.25. The van der Waals surface area contributed by atoms with Crippen LogP contribution in [0.4, 0.5) is 0 Å². The minimum Gasteiger partial charge on any atom is -0.292 e. The maximum atomic E-state index is 13.4. The van der Waals surface area contributed by atoms with Crippen molar-refractivity contribution in [1.82, 2.24) is 14.5 Å². The third-order valence-electron chi connectivity index (χ3n) is 4.91. The molecule has 0 fully saturated rings. The van der Waals surface area contributed by atoms with Gasteiger partial charge in [0.2, 0.25) is 0 Å². The van der Waals surface area contributed by atoms with Gasteiger partial charge < -0.3 is 0 Å².